The first-order valence-electron chi connectivity index (χ1n) is 4.21. The maximum atomic E-state index is 11.1. The van der Waals surface area contributed by atoms with Gasteiger partial charge in [-0.05, 0) is 48.0 Å². The molecule has 6 heteroatoms. The first kappa shape index (κ1) is 12.8. The molecule has 0 amide bonds. The van der Waals surface area contributed by atoms with Crippen LogP contribution in [0.2, 0.25) is 0 Å². The number of benzene rings is 1. The monoisotopic (exact) mass is 312 g/mol. The summed E-state index contributed by atoms with van der Waals surface area (Å²) < 4.78 is 28.0. The van der Waals surface area contributed by atoms with Gasteiger partial charge in [-0.1, -0.05) is 0 Å². The van der Waals surface area contributed by atoms with Crippen LogP contribution >= 0.6 is 26.6 Å². The van der Waals surface area contributed by atoms with Crippen molar-refractivity contribution in [2.24, 2.45) is 0 Å². The Hall–Kier alpha value is -0.260. The third-order valence-electron chi connectivity index (χ3n) is 1.54. The summed E-state index contributed by atoms with van der Waals surface area (Å²) in [5.74, 6) is 0.598. The van der Waals surface area contributed by atoms with Gasteiger partial charge < -0.3 is 4.74 Å². The predicted molar refractivity (Wildman–Crippen MR) is 62.9 cm³/mol. The summed E-state index contributed by atoms with van der Waals surface area (Å²) in [4.78, 5) is 0.0419. The highest BCUT2D eigenvalue weighted by Gasteiger charge is 2.14. The lowest BCUT2D eigenvalue weighted by molar-refractivity contribution is 0.242. The minimum Gasteiger partial charge on any atom is -0.491 e. The number of ether oxygens (including phenoxy) is 1. The maximum Gasteiger partial charge on any atom is 0.262 e. The van der Waals surface area contributed by atoms with Crippen LogP contribution < -0.4 is 4.74 Å². The highest BCUT2D eigenvalue weighted by molar-refractivity contribution is 9.10. The Bertz CT molecular complexity index is 456. The molecule has 0 spiro atoms. The van der Waals surface area contributed by atoms with E-state index in [-0.39, 0.29) is 11.0 Å². The van der Waals surface area contributed by atoms with Crippen LogP contribution in [0.15, 0.2) is 27.6 Å². The van der Waals surface area contributed by atoms with E-state index in [1.807, 2.05) is 13.8 Å². The van der Waals surface area contributed by atoms with Crippen molar-refractivity contribution >= 4 is 35.7 Å². The summed E-state index contributed by atoms with van der Waals surface area (Å²) in [6, 6.07) is 4.55. The highest BCUT2D eigenvalue weighted by Crippen LogP contribution is 2.29. The Kier molecular flexibility index (Phi) is 4.03. The smallest absolute Gasteiger partial charge is 0.262 e. The molecule has 0 unspecified atom stereocenters. The van der Waals surface area contributed by atoms with E-state index in [4.69, 9.17) is 15.4 Å². The van der Waals surface area contributed by atoms with Gasteiger partial charge in [-0.25, -0.2) is 8.42 Å². The topological polar surface area (TPSA) is 43.4 Å². The van der Waals surface area contributed by atoms with E-state index in [0.29, 0.717) is 10.2 Å². The summed E-state index contributed by atoms with van der Waals surface area (Å²) in [5.41, 5.74) is 0. The van der Waals surface area contributed by atoms with Crippen molar-refractivity contribution in [1.82, 2.24) is 0 Å². The van der Waals surface area contributed by atoms with Crippen LogP contribution in [0.4, 0.5) is 0 Å². The van der Waals surface area contributed by atoms with Crippen LogP contribution in [-0.4, -0.2) is 14.5 Å². The lowest BCUT2D eigenvalue weighted by Crippen LogP contribution is -2.05. The molecule has 0 aliphatic heterocycles. The van der Waals surface area contributed by atoms with Gasteiger partial charge in [0.05, 0.1) is 11.0 Å². The first-order chi connectivity index (χ1) is 6.80. The third-order valence-corrected chi connectivity index (χ3v) is 3.84. The molecule has 0 atom stereocenters. The molecule has 1 rings (SSSR count). The van der Waals surface area contributed by atoms with E-state index < -0.39 is 9.05 Å². The molecule has 0 bridgehead atoms. The molecule has 3 nitrogen and oxygen atoms in total. The summed E-state index contributed by atoms with van der Waals surface area (Å²) >= 11 is 3.13. The second kappa shape index (κ2) is 4.72. The molecule has 0 aromatic heterocycles. The maximum absolute atomic E-state index is 11.1. The zero-order valence-corrected chi connectivity index (χ0v) is 11.4. The third kappa shape index (κ3) is 3.66. The lowest BCUT2D eigenvalue weighted by atomic mass is 10.3. The fourth-order valence-electron chi connectivity index (χ4n) is 1.02. The van der Waals surface area contributed by atoms with Gasteiger partial charge in [0, 0.05) is 15.2 Å². The van der Waals surface area contributed by atoms with Crippen molar-refractivity contribution < 1.29 is 13.2 Å². The van der Waals surface area contributed by atoms with Gasteiger partial charge >= 0.3 is 0 Å². The standard InChI is InChI=1S/C9H10BrClO3S/c1-6(2)14-7-3-4-9(8(10)5-7)15(11,12)13/h3-6H,1-2H3. The van der Waals surface area contributed by atoms with Gasteiger partial charge in [0.1, 0.15) is 5.75 Å². The van der Waals surface area contributed by atoms with E-state index >= 15 is 0 Å². The fourth-order valence-corrected chi connectivity index (χ4v) is 3.23. The second-order valence-corrected chi connectivity index (χ2v) is 6.59. The normalized spacial score (nSPS) is 11.8. The zero-order chi connectivity index (χ0) is 11.6. The molecule has 0 fully saturated rings. The Balaban J connectivity index is 3.09. The molecule has 1 aromatic carbocycles. The Labute approximate surface area is 102 Å². The summed E-state index contributed by atoms with van der Waals surface area (Å²) in [5, 5.41) is 0. The predicted octanol–water partition coefficient (Wildman–Crippen LogP) is 3.16. The molecular weight excluding hydrogens is 304 g/mol. The zero-order valence-electron chi connectivity index (χ0n) is 8.20. The minimum absolute atomic E-state index is 0.0374. The van der Waals surface area contributed by atoms with E-state index in [9.17, 15) is 8.42 Å². The van der Waals surface area contributed by atoms with Gasteiger partial charge in [0.25, 0.3) is 9.05 Å². The summed E-state index contributed by atoms with van der Waals surface area (Å²) in [7, 11) is 1.51. The van der Waals surface area contributed by atoms with Crippen molar-refractivity contribution in [1.29, 1.82) is 0 Å². The molecule has 1 aromatic rings. The molecule has 0 radical (unpaired) electrons. The molecule has 84 valence electrons. The van der Waals surface area contributed by atoms with Crippen molar-refractivity contribution in [2.45, 2.75) is 24.8 Å². The number of halogens is 2. The molecule has 0 N–H and O–H groups in total. The van der Waals surface area contributed by atoms with Gasteiger partial charge in [-0.2, -0.15) is 0 Å². The Morgan fingerprint density at radius 2 is 2.00 bits per heavy atom. The number of rotatable bonds is 3. The van der Waals surface area contributed by atoms with Crippen LogP contribution in [0.5, 0.6) is 5.75 Å². The van der Waals surface area contributed by atoms with E-state index in [1.54, 1.807) is 12.1 Å². The van der Waals surface area contributed by atoms with Crippen molar-refractivity contribution in [2.75, 3.05) is 0 Å². The summed E-state index contributed by atoms with van der Waals surface area (Å²) in [6.45, 7) is 3.78. The van der Waals surface area contributed by atoms with E-state index in [0.717, 1.165) is 0 Å². The summed E-state index contributed by atoms with van der Waals surface area (Å²) in [6.07, 6.45) is 0.0374. The number of hydrogen-bond donors (Lipinski definition) is 0. The average Bonchev–Trinajstić information content (AvgIpc) is 1.99. The van der Waals surface area contributed by atoms with Crippen LogP contribution in [0.3, 0.4) is 0 Å². The van der Waals surface area contributed by atoms with Gasteiger partial charge in [0.2, 0.25) is 0 Å². The van der Waals surface area contributed by atoms with Gasteiger partial charge in [0.15, 0.2) is 0 Å². The molecule has 0 saturated heterocycles. The lowest BCUT2D eigenvalue weighted by Gasteiger charge is -2.10. The van der Waals surface area contributed by atoms with Crippen LogP contribution in [-0.2, 0) is 9.05 Å². The largest absolute Gasteiger partial charge is 0.491 e. The molecule has 0 aliphatic rings. The minimum atomic E-state index is -3.71. The van der Waals surface area contributed by atoms with Crippen LogP contribution in [0.1, 0.15) is 13.8 Å². The fraction of sp³-hybridized carbons (Fsp3) is 0.333. The van der Waals surface area contributed by atoms with Crippen molar-refractivity contribution in [3.05, 3.63) is 22.7 Å². The Morgan fingerprint density at radius 1 is 1.40 bits per heavy atom. The number of hydrogen-bond acceptors (Lipinski definition) is 3. The van der Waals surface area contributed by atoms with Gasteiger partial charge in [-0.15, -0.1) is 0 Å². The van der Waals surface area contributed by atoms with E-state index in [1.165, 1.54) is 6.07 Å². The SMILES string of the molecule is CC(C)Oc1ccc(S(=O)(=O)Cl)c(Br)c1. The molecule has 15 heavy (non-hydrogen) atoms. The highest BCUT2D eigenvalue weighted by atomic mass is 79.9. The Morgan fingerprint density at radius 3 is 2.40 bits per heavy atom. The van der Waals surface area contributed by atoms with Gasteiger partial charge in [-0.3, -0.25) is 0 Å². The molecule has 0 heterocycles. The van der Waals surface area contributed by atoms with E-state index in [2.05, 4.69) is 15.9 Å². The molecular formula is C9H10BrClO3S. The van der Waals surface area contributed by atoms with Crippen molar-refractivity contribution in [3.8, 4) is 5.75 Å². The average molecular weight is 314 g/mol. The van der Waals surface area contributed by atoms with Crippen LogP contribution in [0, 0.1) is 0 Å². The van der Waals surface area contributed by atoms with Crippen molar-refractivity contribution in [3.63, 3.8) is 0 Å². The quantitative estimate of drug-likeness (QED) is 0.805. The molecule has 0 aliphatic carbocycles. The first-order valence-corrected chi connectivity index (χ1v) is 7.32. The second-order valence-electron chi connectivity index (χ2n) is 3.20. The van der Waals surface area contributed by atoms with Crippen LogP contribution in [0.25, 0.3) is 0 Å². The molecule has 0 saturated carbocycles.